The topological polar surface area (TPSA) is 127 Å². The lowest BCUT2D eigenvalue weighted by atomic mass is 10.0. The monoisotopic (exact) mass is 510 g/mol. The second-order valence-corrected chi connectivity index (χ2v) is 8.38. The number of aryl methyl sites for hydroxylation is 1. The number of halogens is 1. The summed E-state index contributed by atoms with van der Waals surface area (Å²) in [5.74, 6) is -3.84. The van der Waals surface area contributed by atoms with E-state index in [1.807, 2.05) is 6.92 Å². The number of esters is 1. The molecular weight excluding hydrogens is 487 g/mol. The van der Waals surface area contributed by atoms with Crippen molar-refractivity contribution in [3.63, 3.8) is 0 Å². The molecule has 3 aromatic rings. The first-order valence-corrected chi connectivity index (χ1v) is 12.0. The molecule has 0 aliphatic heterocycles. The van der Waals surface area contributed by atoms with Crippen LogP contribution in [-0.4, -0.2) is 44.5 Å². The third-order valence-electron chi connectivity index (χ3n) is 4.99. The van der Waals surface area contributed by atoms with Gasteiger partial charge in [0.1, 0.15) is 17.1 Å². The number of hydrogen-bond donors (Lipinski definition) is 2. The van der Waals surface area contributed by atoms with Crippen molar-refractivity contribution >= 4 is 35.2 Å². The van der Waals surface area contributed by atoms with Crippen LogP contribution in [0.1, 0.15) is 41.0 Å². The van der Waals surface area contributed by atoms with Gasteiger partial charge >= 0.3 is 11.9 Å². The molecule has 1 aromatic heterocycles. The van der Waals surface area contributed by atoms with E-state index < -0.39 is 29.3 Å². The first-order chi connectivity index (χ1) is 17.2. The van der Waals surface area contributed by atoms with E-state index in [9.17, 15) is 23.9 Å². The van der Waals surface area contributed by atoms with Gasteiger partial charge in [-0.25, -0.2) is 23.9 Å². The van der Waals surface area contributed by atoms with E-state index in [1.54, 1.807) is 43.3 Å². The number of rotatable bonds is 10. The lowest BCUT2D eigenvalue weighted by molar-refractivity contribution is -0.146. The number of carbonyl (C=O) groups is 3. The van der Waals surface area contributed by atoms with Gasteiger partial charge in [-0.1, -0.05) is 43.0 Å². The highest BCUT2D eigenvalue weighted by molar-refractivity contribution is 7.98. The predicted octanol–water partition coefficient (Wildman–Crippen LogP) is 4.87. The number of carboxylic acid groups (broad SMARTS) is 1. The average Bonchev–Trinajstić information content (AvgIpc) is 2.87. The Morgan fingerprint density at radius 1 is 1.00 bits per heavy atom. The number of aromatic nitrogens is 2. The van der Waals surface area contributed by atoms with Crippen LogP contribution < -0.4 is 0 Å². The molecule has 0 aliphatic carbocycles. The summed E-state index contributed by atoms with van der Waals surface area (Å²) < 4.78 is 18.7. The minimum atomic E-state index is -1.66. The molecule has 0 fully saturated rings. The second-order valence-electron chi connectivity index (χ2n) is 7.44. The number of aliphatic carboxylic acids is 1. The van der Waals surface area contributed by atoms with Crippen LogP contribution in [0.2, 0.25) is 0 Å². The van der Waals surface area contributed by atoms with Crippen molar-refractivity contribution < 1.29 is 33.7 Å². The first-order valence-electron chi connectivity index (χ1n) is 11.0. The van der Waals surface area contributed by atoms with E-state index in [0.717, 1.165) is 5.56 Å². The summed E-state index contributed by atoms with van der Waals surface area (Å²) in [5.41, 5.74) is 2.81. The molecular formula is C26H23FN2O6S. The molecule has 0 radical (unpaired) electrons. The number of nitrogens with zero attached hydrogens (tertiary/aromatic N) is 2. The van der Waals surface area contributed by atoms with Crippen LogP contribution in [0.25, 0.3) is 17.0 Å². The van der Waals surface area contributed by atoms with Crippen molar-refractivity contribution in [1.82, 2.24) is 9.97 Å². The smallest absolute Gasteiger partial charge is 0.376 e. The zero-order chi connectivity index (χ0) is 26.2. The highest BCUT2D eigenvalue weighted by Gasteiger charge is 2.22. The van der Waals surface area contributed by atoms with E-state index in [0.29, 0.717) is 45.9 Å². The Morgan fingerprint density at radius 3 is 2.25 bits per heavy atom. The third kappa shape index (κ3) is 6.54. The highest BCUT2D eigenvalue weighted by Crippen LogP contribution is 2.29. The molecule has 2 N–H and O–H groups in total. The molecule has 8 nitrogen and oxygen atoms in total. The summed E-state index contributed by atoms with van der Waals surface area (Å²) in [6.45, 7) is 3.76. The Hall–Kier alpha value is -4.05. The maximum Gasteiger partial charge on any atom is 0.376 e. The number of benzene rings is 2. The maximum absolute atomic E-state index is 13.5. The van der Waals surface area contributed by atoms with Crippen molar-refractivity contribution in [3.8, 4) is 11.3 Å². The van der Waals surface area contributed by atoms with Crippen molar-refractivity contribution in [3.05, 3.63) is 82.8 Å². The maximum atomic E-state index is 13.5. The summed E-state index contributed by atoms with van der Waals surface area (Å²) in [5, 5.41) is 19.0. The summed E-state index contributed by atoms with van der Waals surface area (Å²) in [6, 6.07) is 12.2. The molecule has 0 saturated carbocycles. The lowest BCUT2D eigenvalue weighted by Crippen LogP contribution is -2.13. The van der Waals surface area contributed by atoms with Gasteiger partial charge in [0.15, 0.2) is 5.16 Å². The number of carboxylic acids is 1. The van der Waals surface area contributed by atoms with E-state index in [1.165, 1.54) is 23.9 Å². The zero-order valence-electron chi connectivity index (χ0n) is 19.5. The molecule has 1 heterocycles. The van der Waals surface area contributed by atoms with Gasteiger partial charge in [0.25, 0.3) is 5.78 Å². The molecule has 0 saturated heterocycles. The minimum Gasteiger partial charge on any atom is -0.507 e. The SMILES string of the molecule is CCOC(=O)c1c(CC)nc(SCc2ccc(C(O)=CC(=O)C(=O)O)cc2)nc1-c1ccc(F)cc1. The van der Waals surface area contributed by atoms with Crippen molar-refractivity contribution in [2.75, 3.05) is 6.61 Å². The van der Waals surface area contributed by atoms with Gasteiger partial charge in [-0.2, -0.15) is 0 Å². The number of hydrogen-bond acceptors (Lipinski definition) is 8. The minimum absolute atomic E-state index is 0.187. The second kappa shape index (κ2) is 12.1. The molecule has 0 spiro atoms. The van der Waals surface area contributed by atoms with Gasteiger partial charge in [0.2, 0.25) is 0 Å². The van der Waals surface area contributed by atoms with Gasteiger partial charge in [-0.05, 0) is 43.2 Å². The predicted molar refractivity (Wildman–Crippen MR) is 132 cm³/mol. The van der Waals surface area contributed by atoms with E-state index >= 15 is 0 Å². The Balaban J connectivity index is 1.88. The zero-order valence-corrected chi connectivity index (χ0v) is 20.3. The van der Waals surface area contributed by atoms with E-state index in [2.05, 4.69) is 9.97 Å². The van der Waals surface area contributed by atoms with E-state index in [-0.39, 0.29) is 12.2 Å². The number of aliphatic hydroxyl groups is 1. The fourth-order valence-electron chi connectivity index (χ4n) is 3.23. The molecule has 3 rings (SSSR count). The number of ether oxygens (including phenoxy) is 1. The number of aliphatic hydroxyl groups excluding tert-OH is 1. The van der Waals surface area contributed by atoms with Gasteiger partial charge in [-0.3, -0.25) is 4.79 Å². The normalized spacial score (nSPS) is 11.2. The molecule has 0 bridgehead atoms. The standard InChI is InChI=1S/C26H23FN2O6S/c1-3-19-22(25(34)35-4-2)23(17-9-11-18(27)12-10-17)29-26(28-19)36-14-15-5-7-16(8-6-15)20(30)13-21(31)24(32)33/h5-13,30H,3-4,14H2,1-2H3,(H,32,33). The van der Waals surface area contributed by atoms with Gasteiger partial charge in [-0.15, -0.1) is 0 Å². The van der Waals surface area contributed by atoms with Crippen LogP contribution in [0, 0.1) is 5.82 Å². The number of carbonyl (C=O) groups excluding carboxylic acids is 2. The lowest BCUT2D eigenvalue weighted by Gasteiger charge is -2.14. The van der Waals surface area contributed by atoms with Crippen LogP contribution in [0.15, 0.2) is 59.8 Å². The fraction of sp³-hybridized carbons (Fsp3) is 0.192. The number of thioether (sulfide) groups is 1. The van der Waals surface area contributed by atoms with Crippen LogP contribution >= 0.6 is 11.8 Å². The summed E-state index contributed by atoms with van der Waals surface area (Å²) in [7, 11) is 0. The van der Waals surface area contributed by atoms with Crippen molar-refractivity contribution in [2.24, 2.45) is 0 Å². The van der Waals surface area contributed by atoms with Crippen molar-refractivity contribution in [2.45, 2.75) is 31.2 Å². The Labute approximate surface area is 210 Å². The highest BCUT2D eigenvalue weighted by atomic mass is 32.2. The summed E-state index contributed by atoms with van der Waals surface area (Å²) in [4.78, 5) is 43.7. The molecule has 36 heavy (non-hydrogen) atoms. The van der Waals surface area contributed by atoms with Gasteiger partial charge in [0.05, 0.1) is 18.0 Å². The Bertz CT molecular complexity index is 1310. The molecule has 0 aliphatic rings. The van der Waals surface area contributed by atoms with Crippen LogP contribution in [0.4, 0.5) is 4.39 Å². The van der Waals surface area contributed by atoms with E-state index in [4.69, 9.17) is 9.84 Å². The molecule has 10 heteroatoms. The molecule has 0 unspecified atom stereocenters. The summed E-state index contributed by atoms with van der Waals surface area (Å²) >= 11 is 1.32. The number of ketones is 1. The molecule has 0 atom stereocenters. The van der Waals surface area contributed by atoms with Crippen LogP contribution in [0.5, 0.6) is 0 Å². The first kappa shape index (κ1) is 26.6. The molecule has 2 aromatic carbocycles. The van der Waals surface area contributed by atoms with Gasteiger partial charge < -0.3 is 14.9 Å². The largest absolute Gasteiger partial charge is 0.507 e. The average molecular weight is 511 g/mol. The summed E-state index contributed by atoms with van der Waals surface area (Å²) in [6.07, 6.45) is 1.10. The third-order valence-corrected chi connectivity index (χ3v) is 5.91. The van der Waals surface area contributed by atoms with Gasteiger partial charge in [0, 0.05) is 23.0 Å². The Morgan fingerprint density at radius 2 is 1.67 bits per heavy atom. The van der Waals surface area contributed by atoms with Crippen LogP contribution in [-0.2, 0) is 26.5 Å². The van der Waals surface area contributed by atoms with Crippen LogP contribution in [0.3, 0.4) is 0 Å². The van der Waals surface area contributed by atoms with Crippen molar-refractivity contribution in [1.29, 1.82) is 0 Å². The fourth-order valence-corrected chi connectivity index (χ4v) is 4.05. The molecule has 0 amide bonds. The Kier molecular flexibility index (Phi) is 8.91. The quantitative estimate of drug-likeness (QED) is 0.0981. The molecule has 186 valence electrons.